The summed E-state index contributed by atoms with van der Waals surface area (Å²) >= 11 is 1.48. The fourth-order valence-electron chi connectivity index (χ4n) is 2.67. The van der Waals surface area contributed by atoms with E-state index in [1.54, 1.807) is 6.20 Å². The van der Waals surface area contributed by atoms with E-state index in [4.69, 9.17) is 4.98 Å². The van der Waals surface area contributed by atoms with Crippen LogP contribution >= 0.6 is 11.3 Å². The van der Waals surface area contributed by atoms with Crippen molar-refractivity contribution < 1.29 is 0 Å². The number of rotatable bonds is 2. The van der Waals surface area contributed by atoms with Gasteiger partial charge in [-0.3, -0.25) is 9.78 Å². The molecule has 1 aromatic carbocycles. The van der Waals surface area contributed by atoms with Crippen LogP contribution in [0.5, 0.6) is 0 Å². The maximum Gasteiger partial charge on any atom is 0.269 e. The molecule has 0 aliphatic carbocycles. The SMILES string of the molecule is Cc1sc2c(=O)[nH]c(-c3ccccn3)nc2c1-c1ccccc1. The largest absolute Gasteiger partial charge is 0.304 e. The maximum absolute atomic E-state index is 12.5. The smallest absolute Gasteiger partial charge is 0.269 e. The second-order valence-corrected chi connectivity index (χ2v) is 6.43. The summed E-state index contributed by atoms with van der Waals surface area (Å²) in [6, 6.07) is 15.6. The summed E-state index contributed by atoms with van der Waals surface area (Å²) in [5.74, 6) is 0.498. The molecule has 4 aromatic rings. The van der Waals surface area contributed by atoms with Gasteiger partial charge in [0.2, 0.25) is 0 Å². The monoisotopic (exact) mass is 319 g/mol. The summed E-state index contributed by atoms with van der Waals surface area (Å²) in [6.45, 7) is 2.02. The van der Waals surface area contributed by atoms with E-state index in [1.807, 2.05) is 55.5 Å². The van der Waals surface area contributed by atoms with E-state index in [2.05, 4.69) is 9.97 Å². The molecule has 0 bridgehead atoms. The molecule has 0 unspecified atom stereocenters. The minimum Gasteiger partial charge on any atom is -0.304 e. The van der Waals surface area contributed by atoms with Gasteiger partial charge < -0.3 is 4.98 Å². The van der Waals surface area contributed by atoms with Crippen molar-refractivity contribution in [3.63, 3.8) is 0 Å². The molecule has 23 heavy (non-hydrogen) atoms. The zero-order valence-corrected chi connectivity index (χ0v) is 13.2. The van der Waals surface area contributed by atoms with Crippen LogP contribution in [-0.4, -0.2) is 15.0 Å². The molecule has 0 atom stereocenters. The molecule has 112 valence electrons. The third kappa shape index (κ3) is 2.35. The van der Waals surface area contributed by atoms with Gasteiger partial charge in [-0.05, 0) is 24.6 Å². The first-order valence-corrected chi connectivity index (χ1v) is 8.06. The first-order chi connectivity index (χ1) is 11.2. The Morgan fingerprint density at radius 1 is 1.04 bits per heavy atom. The molecular weight excluding hydrogens is 306 g/mol. The lowest BCUT2D eigenvalue weighted by Crippen LogP contribution is -2.08. The van der Waals surface area contributed by atoms with Crippen LogP contribution in [0.4, 0.5) is 0 Å². The number of H-pyrrole nitrogens is 1. The van der Waals surface area contributed by atoms with Crippen LogP contribution in [-0.2, 0) is 0 Å². The lowest BCUT2D eigenvalue weighted by Gasteiger charge is -2.03. The number of hydrogen-bond acceptors (Lipinski definition) is 4. The molecule has 4 rings (SSSR count). The number of aromatic amines is 1. The van der Waals surface area contributed by atoms with Gasteiger partial charge in [0.15, 0.2) is 5.82 Å². The molecule has 4 nitrogen and oxygen atoms in total. The minimum absolute atomic E-state index is 0.120. The number of aryl methyl sites for hydroxylation is 1. The summed E-state index contributed by atoms with van der Waals surface area (Å²) in [5.41, 5.74) is 3.37. The van der Waals surface area contributed by atoms with Crippen molar-refractivity contribution in [3.05, 3.63) is 70.0 Å². The van der Waals surface area contributed by atoms with E-state index >= 15 is 0 Å². The molecule has 5 heteroatoms. The predicted octanol–water partition coefficient (Wildman–Crippen LogP) is 4.02. The number of nitrogens with one attached hydrogen (secondary N) is 1. The van der Waals surface area contributed by atoms with Gasteiger partial charge in [0.25, 0.3) is 5.56 Å². The molecule has 0 amide bonds. The van der Waals surface area contributed by atoms with Gasteiger partial charge in [-0.2, -0.15) is 0 Å². The molecular formula is C18H13N3OS. The van der Waals surface area contributed by atoms with Crippen LogP contribution in [0.2, 0.25) is 0 Å². The number of pyridine rings is 1. The van der Waals surface area contributed by atoms with Crippen molar-refractivity contribution in [1.29, 1.82) is 0 Å². The predicted molar refractivity (Wildman–Crippen MR) is 93.6 cm³/mol. The Morgan fingerprint density at radius 2 is 1.83 bits per heavy atom. The number of fused-ring (bicyclic) bond motifs is 1. The fourth-order valence-corrected chi connectivity index (χ4v) is 3.68. The zero-order chi connectivity index (χ0) is 15.8. The van der Waals surface area contributed by atoms with Crippen molar-refractivity contribution in [2.75, 3.05) is 0 Å². The summed E-state index contributed by atoms with van der Waals surface area (Å²) in [4.78, 5) is 25.4. The van der Waals surface area contributed by atoms with Gasteiger partial charge in [-0.15, -0.1) is 11.3 Å². The molecule has 0 saturated carbocycles. The Balaban J connectivity index is 2.04. The lowest BCUT2D eigenvalue weighted by atomic mass is 10.1. The number of benzene rings is 1. The highest BCUT2D eigenvalue weighted by molar-refractivity contribution is 7.19. The molecule has 0 aliphatic rings. The van der Waals surface area contributed by atoms with Crippen LogP contribution in [0.25, 0.3) is 32.9 Å². The van der Waals surface area contributed by atoms with Crippen LogP contribution < -0.4 is 5.56 Å². The minimum atomic E-state index is -0.120. The van der Waals surface area contributed by atoms with Crippen molar-refractivity contribution >= 4 is 21.6 Å². The van der Waals surface area contributed by atoms with E-state index in [0.29, 0.717) is 16.2 Å². The summed E-state index contributed by atoms with van der Waals surface area (Å²) in [6.07, 6.45) is 1.69. The second-order valence-electron chi connectivity index (χ2n) is 5.21. The fraction of sp³-hybridized carbons (Fsp3) is 0.0556. The molecule has 0 spiro atoms. The zero-order valence-electron chi connectivity index (χ0n) is 12.4. The standard InChI is InChI=1S/C18H13N3OS/c1-11-14(12-7-3-2-4-8-12)15-16(23-11)18(22)21-17(20-15)13-9-5-6-10-19-13/h2-10H,1H3,(H,20,21,22). The van der Waals surface area contributed by atoms with E-state index in [0.717, 1.165) is 21.5 Å². The highest BCUT2D eigenvalue weighted by Gasteiger charge is 2.16. The van der Waals surface area contributed by atoms with E-state index in [-0.39, 0.29) is 5.56 Å². The van der Waals surface area contributed by atoms with Crippen molar-refractivity contribution in [2.24, 2.45) is 0 Å². The van der Waals surface area contributed by atoms with Crippen molar-refractivity contribution in [1.82, 2.24) is 15.0 Å². The first-order valence-electron chi connectivity index (χ1n) is 7.24. The molecule has 0 radical (unpaired) electrons. The number of aromatic nitrogens is 3. The Bertz CT molecular complexity index is 1040. The number of thiophene rings is 1. The third-order valence-corrected chi connectivity index (χ3v) is 4.78. The topological polar surface area (TPSA) is 58.6 Å². The maximum atomic E-state index is 12.5. The number of nitrogens with zero attached hydrogens (tertiary/aromatic N) is 2. The summed E-state index contributed by atoms with van der Waals surface area (Å²) < 4.78 is 0.654. The normalized spacial score (nSPS) is 11.0. The first kappa shape index (κ1) is 13.8. The van der Waals surface area contributed by atoms with Crippen LogP contribution in [0.1, 0.15) is 4.88 Å². The van der Waals surface area contributed by atoms with E-state index in [1.165, 1.54) is 11.3 Å². The van der Waals surface area contributed by atoms with Gasteiger partial charge in [-0.1, -0.05) is 36.4 Å². The molecule has 0 aliphatic heterocycles. The Hall–Kier alpha value is -2.79. The summed E-state index contributed by atoms with van der Waals surface area (Å²) in [5, 5.41) is 0. The van der Waals surface area contributed by atoms with E-state index < -0.39 is 0 Å². The Morgan fingerprint density at radius 3 is 2.57 bits per heavy atom. The van der Waals surface area contributed by atoms with Gasteiger partial charge in [0.05, 0.1) is 5.52 Å². The van der Waals surface area contributed by atoms with Crippen molar-refractivity contribution in [3.8, 4) is 22.6 Å². The highest BCUT2D eigenvalue weighted by Crippen LogP contribution is 2.35. The number of hydrogen-bond donors (Lipinski definition) is 1. The van der Waals surface area contributed by atoms with Gasteiger partial charge in [-0.25, -0.2) is 4.98 Å². The molecule has 3 aromatic heterocycles. The van der Waals surface area contributed by atoms with Gasteiger partial charge in [0, 0.05) is 16.6 Å². The van der Waals surface area contributed by atoms with Crippen molar-refractivity contribution in [2.45, 2.75) is 6.92 Å². The highest BCUT2D eigenvalue weighted by atomic mass is 32.1. The van der Waals surface area contributed by atoms with Crippen LogP contribution in [0, 0.1) is 6.92 Å². The molecule has 1 N–H and O–H groups in total. The Labute approximate surface area is 136 Å². The Kier molecular flexibility index (Phi) is 3.28. The van der Waals surface area contributed by atoms with Gasteiger partial charge >= 0.3 is 0 Å². The lowest BCUT2D eigenvalue weighted by molar-refractivity contribution is 1.15. The average molecular weight is 319 g/mol. The average Bonchev–Trinajstić information content (AvgIpc) is 2.93. The van der Waals surface area contributed by atoms with Crippen LogP contribution in [0.3, 0.4) is 0 Å². The van der Waals surface area contributed by atoms with Gasteiger partial charge in [0.1, 0.15) is 10.4 Å². The molecule has 0 fully saturated rings. The summed E-state index contributed by atoms with van der Waals surface area (Å²) in [7, 11) is 0. The third-order valence-electron chi connectivity index (χ3n) is 3.69. The second kappa shape index (κ2) is 5.44. The molecule has 0 saturated heterocycles. The quantitative estimate of drug-likeness (QED) is 0.607. The van der Waals surface area contributed by atoms with E-state index in [9.17, 15) is 4.79 Å². The van der Waals surface area contributed by atoms with Crippen LogP contribution in [0.15, 0.2) is 59.5 Å². The molecule has 3 heterocycles.